The van der Waals surface area contributed by atoms with Crippen LogP contribution < -0.4 is 26.8 Å². The molecular formula is C28H27IN6O5S. The zero-order valence-corrected chi connectivity index (χ0v) is 25.1. The van der Waals surface area contributed by atoms with E-state index in [4.69, 9.17) is 0 Å². The Labute approximate surface area is 248 Å². The maximum atomic E-state index is 13.8. The molecule has 6 rings (SSSR count). The number of carbonyl (C=O) groups excluding carboxylic acids is 2. The summed E-state index contributed by atoms with van der Waals surface area (Å²) in [6.45, 7) is 4.27. The zero-order valence-electron chi connectivity index (χ0n) is 22.2. The Morgan fingerprint density at radius 3 is 2.44 bits per heavy atom. The highest BCUT2D eigenvalue weighted by molar-refractivity contribution is 14.2. The summed E-state index contributed by atoms with van der Waals surface area (Å²) in [4.78, 5) is 45.5. The number of amides is 2. The Hall–Kier alpha value is -3.82. The van der Waals surface area contributed by atoms with Crippen molar-refractivity contribution in [3.63, 3.8) is 0 Å². The summed E-state index contributed by atoms with van der Waals surface area (Å²) in [5.74, 6) is -0.689. The van der Waals surface area contributed by atoms with Crippen LogP contribution in [0, 0.1) is 13.8 Å². The number of nitrogens with one attached hydrogen (secondary N) is 5. The molecule has 0 saturated heterocycles. The van der Waals surface area contributed by atoms with Crippen LogP contribution in [0.15, 0.2) is 64.5 Å². The van der Waals surface area contributed by atoms with Gasteiger partial charge >= 0.3 is 0 Å². The van der Waals surface area contributed by atoms with Gasteiger partial charge in [0, 0.05) is 24.5 Å². The minimum absolute atomic E-state index is 0.0393. The van der Waals surface area contributed by atoms with E-state index in [1.165, 1.54) is 39.7 Å². The number of nitrogens with zero attached hydrogens (tertiary/aromatic N) is 1. The Morgan fingerprint density at radius 1 is 0.951 bits per heavy atom. The van der Waals surface area contributed by atoms with Crippen LogP contribution in [-0.4, -0.2) is 36.7 Å². The molecule has 2 aliphatic rings. The maximum absolute atomic E-state index is 13.8. The second-order valence-corrected chi connectivity index (χ2v) is 14.6. The lowest BCUT2D eigenvalue weighted by Gasteiger charge is -2.23. The van der Waals surface area contributed by atoms with Crippen LogP contribution in [0.25, 0.3) is 10.9 Å². The fraction of sp³-hybridized carbons (Fsp3) is 0.214. The number of H-pyrrole nitrogens is 1. The van der Waals surface area contributed by atoms with Gasteiger partial charge in [-0.15, -0.1) is 0 Å². The third kappa shape index (κ3) is 6.41. The normalized spacial score (nSPS) is 16.3. The van der Waals surface area contributed by atoms with Crippen molar-refractivity contribution < 1.29 is 18.0 Å². The lowest BCUT2D eigenvalue weighted by molar-refractivity contribution is -0.122. The van der Waals surface area contributed by atoms with Gasteiger partial charge in [0.25, 0.3) is 5.56 Å². The van der Waals surface area contributed by atoms with E-state index in [0.29, 0.717) is 39.9 Å². The maximum Gasteiger partial charge on any atom is 0.258 e. The van der Waals surface area contributed by atoms with Crippen molar-refractivity contribution in [3.8, 4) is 0 Å². The number of halogens is 1. The van der Waals surface area contributed by atoms with Crippen molar-refractivity contribution in [1.29, 1.82) is 0 Å². The quantitative estimate of drug-likeness (QED) is 0.162. The van der Waals surface area contributed by atoms with Crippen LogP contribution >= 0.6 is 21.2 Å². The predicted octanol–water partition coefficient (Wildman–Crippen LogP) is 3.17. The summed E-state index contributed by atoms with van der Waals surface area (Å²) in [6.07, 6.45) is 1.33. The Balaban J connectivity index is 1.58. The molecule has 1 unspecified atom stereocenters. The minimum atomic E-state index is -3.65. The van der Waals surface area contributed by atoms with Gasteiger partial charge in [0.15, 0.2) is 0 Å². The van der Waals surface area contributed by atoms with E-state index in [1.54, 1.807) is 24.3 Å². The van der Waals surface area contributed by atoms with Crippen LogP contribution in [0.3, 0.4) is 0 Å². The van der Waals surface area contributed by atoms with Crippen molar-refractivity contribution in [2.75, 3.05) is 17.2 Å². The van der Waals surface area contributed by atoms with Crippen LogP contribution in [0.2, 0.25) is 0 Å². The molecular weight excluding hydrogens is 659 g/mol. The van der Waals surface area contributed by atoms with E-state index in [2.05, 4.69) is 31.2 Å². The smallest absolute Gasteiger partial charge is 0.258 e. The fourth-order valence-electron chi connectivity index (χ4n) is 4.92. The fourth-order valence-corrected chi connectivity index (χ4v) is 6.89. The molecule has 41 heavy (non-hydrogen) atoms. The van der Waals surface area contributed by atoms with Crippen LogP contribution in [0.4, 0.5) is 11.4 Å². The van der Waals surface area contributed by atoms with Crippen molar-refractivity contribution in [1.82, 2.24) is 20.6 Å². The summed E-state index contributed by atoms with van der Waals surface area (Å²) in [6, 6.07) is 12.5. The molecule has 0 radical (unpaired) electrons. The van der Waals surface area contributed by atoms with Gasteiger partial charge < -0.3 is 26.3 Å². The van der Waals surface area contributed by atoms with E-state index in [9.17, 15) is 22.8 Å². The molecule has 4 bridgehead atoms. The van der Waals surface area contributed by atoms with Gasteiger partial charge in [-0.1, -0.05) is 12.1 Å². The summed E-state index contributed by atoms with van der Waals surface area (Å²) in [5, 5.41) is 12.4. The predicted molar refractivity (Wildman–Crippen MR) is 164 cm³/mol. The number of aryl methyl sites for hydroxylation is 2. The Bertz CT molecular complexity index is 1830. The van der Waals surface area contributed by atoms with E-state index < -0.39 is 19.0 Å². The SMILES string of the molecule is Cc1cc2cc(C)c1CNCC(=O)Nc1ccc(S(=O)(=O)I)c(c1)CNC(=O)C2Nc1ccc2nc[nH]c(=O)c2c1. The van der Waals surface area contributed by atoms with Gasteiger partial charge in [-0.3, -0.25) is 14.4 Å². The molecule has 0 saturated carbocycles. The van der Waals surface area contributed by atoms with Crippen LogP contribution in [0.5, 0.6) is 0 Å². The van der Waals surface area contributed by atoms with Crippen LogP contribution in [-0.2, 0) is 29.7 Å². The summed E-state index contributed by atoms with van der Waals surface area (Å²) in [5.41, 5.74) is 5.05. The number of aromatic nitrogens is 2. The number of aromatic amines is 1. The van der Waals surface area contributed by atoms with Gasteiger partial charge in [-0.05, 0) is 78.1 Å². The second kappa shape index (κ2) is 11.6. The molecule has 1 aromatic heterocycles. The number of benzene rings is 3. The topological polar surface area (TPSA) is 162 Å². The first kappa shape index (κ1) is 28.7. The van der Waals surface area contributed by atoms with E-state index in [1.807, 2.05) is 26.0 Å². The standard InChI is InChI=1S/C28H27IN6O5S/c1-15-7-17-8-16(2)22(15)12-30-13-25(36)34-19-4-6-24(41(29,39)40)18(9-19)11-31-28(38)26(17)35-20-3-5-23-21(10-20)27(37)33-14-32-23/h3-10,14,26,30,35H,11-13H2,1-2H3,(H,31,38)(H,34,36)(H,32,33,37). The molecule has 3 aromatic carbocycles. The number of rotatable bonds is 3. The van der Waals surface area contributed by atoms with Crippen molar-refractivity contribution in [3.05, 3.63) is 93.0 Å². The first-order valence-corrected chi connectivity index (χ1v) is 16.7. The number of hydrogen-bond acceptors (Lipinski definition) is 8. The third-order valence-corrected chi connectivity index (χ3v) is 9.26. The largest absolute Gasteiger partial charge is 0.370 e. The van der Waals surface area contributed by atoms with Gasteiger partial charge in [0.05, 0.1) is 49.9 Å². The van der Waals surface area contributed by atoms with Crippen molar-refractivity contribution in [2.24, 2.45) is 0 Å². The molecule has 0 fully saturated rings. The average molecular weight is 687 g/mol. The third-order valence-electron chi connectivity index (χ3n) is 6.91. The number of fused-ring (bicyclic) bond motifs is 10. The lowest BCUT2D eigenvalue weighted by Crippen LogP contribution is -2.34. The lowest BCUT2D eigenvalue weighted by atomic mass is 9.95. The first-order chi connectivity index (χ1) is 19.5. The van der Waals surface area contributed by atoms with Gasteiger partial charge in [-0.25, -0.2) is 13.4 Å². The molecule has 1 atom stereocenters. The Kier molecular flexibility index (Phi) is 8.11. The van der Waals surface area contributed by atoms with Gasteiger partial charge in [0.1, 0.15) is 6.04 Å². The van der Waals surface area contributed by atoms with Crippen molar-refractivity contribution >= 4 is 62.3 Å². The van der Waals surface area contributed by atoms with Gasteiger partial charge in [0.2, 0.25) is 18.8 Å². The van der Waals surface area contributed by atoms with Crippen LogP contribution in [0.1, 0.15) is 33.9 Å². The first-order valence-electron chi connectivity index (χ1n) is 12.7. The highest BCUT2D eigenvalue weighted by atomic mass is 127. The van der Waals surface area contributed by atoms with Gasteiger partial charge in [-0.2, -0.15) is 0 Å². The Morgan fingerprint density at radius 2 is 1.71 bits per heavy atom. The van der Waals surface area contributed by atoms with E-state index >= 15 is 0 Å². The highest BCUT2D eigenvalue weighted by Crippen LogP contribution is 2.28. The van der Waals surface area contributed by atoms with E-state index in [-0.39, 0.29) is 29.5 Å². The average Bonchev–Trinajstić information content (AvgIpc) is 2.91. The molecule has 13 heteroatoms. The second-order valence-electron chi connectivity index (χ2n) is 9.80. The summed E-state index contributed by atoms with van der Waals surface area (Å²) >= 11 is 1.35. The number of anilines is 2. The minimum Gasteiger partial charge on any atom is -0.370 e. The molecule has 4 aromatic rings. The van der Waals surface area contributed by atoms with E-state index in [0.717, 1.165) is 16.7 Å². The molecule has 11 nitrogen and oxygen atoms in total. The summed E-state index contributed by atoms with van der Waals surface area (Å²) < 4.78 is 25.0. The molecule has 5 N–H and O–H groups in total. The molecule has 3 heterocycles. The summed E-state index contributed by atoms with van der Waals surface area (Å²) in [7, 11) is -3.65. The highest BCUT2D eigenvalue weighted by Gasteiger charge is 2.24. The number of carbonyl (C=O) groups is 2. The molecule has 2 amide bonds. The monoisotopic (exact) mass is 686 g/mol. The number of hydrogen-bond donors (Lipinski definition) is 5. The van der Waals surface area contributed by atoms with Crippen molar-refractivity contribution in [2.45, 2.75) is 37.9 Å². The molecule has 0 aliphatic carbocycles. The molecule has 0 spiro atoms. The molecule has 2 aliphatic heterocycles. The molecule has 212 valence electrons. The zero-order chi connectivity index (χ0) is 29.3.